The lowest BCUT2D eigenvalue weighted by atomic mass is 10.0. The van der Waals surface area contributed by atoms with Gasteiger partial charge in [0.15, 0.2) is 0 Å². The molecule has 0 spiro atoms. The van der Waals surface area contributed by atoms with Crippen molar-refractivity contribution in [2.45, 2.75) is 32.4 Å². The third-order valence-electron chi connectivity index (χ3n) is 3.30. The molecule has 0 aliphatic rings. The van der Waals surface area contributed by atoms with E-state index in [4.69, 9.17) is 0 Å². The highest BCUT2D eigenvalue weighted by Crippen LogP contribution is 2.12. The molecule has 2 rings (SSSR count). The average molecular weight is 318 g/mol. The standard InChI is InChI=1S/C17H20BrN/c1-2-17(12-14-7-4-3-5-8-14)19-13-15-9-6-10-16(18)11-15/h3-11,17,19H,2,12-13H2,1H3. The quantitative estimate of drug-likeness (QED) is 0.823. The lowest BCUT2D eigenvalue weighted by Gasteiger charge is -2.17. The Labute approximate surface area is 124 Å². The van der Waals surface area contributed by atoms with Gasteiger partial charge in [-0.25, -0.2) is 0 Å². The van der Waals surface area contributed by atoms with Gasteiger partial charge in [-0.3, -0.25) is 0 Å². The van der Waals surface area contributed by atoms with Crippen molar-refractivity contribution < 1.29 is 0 Å². The summed E-state index contributed by atoms with van der Waals surface area (Å²) >= 11 is 3.51. The third kappa shape index (κ3) is 4.81. The molecule has 0 aliphatic heterocycles. The normalized spacial score (nSPS) is 12.3. The summed E-state index contributed by atoms with van der Waals surface area (Å²) < 4.78 is 1.14. The summed E-state index contributed by atoms with van der Waals surface area (Å²) in [6, 6.07) is 19.7. The Morgan fingerprint density at radius 2 is 1.74 bits per heavy atom. The van der Waals surface area contributed by atoms with Crippen LogP contribution in [0.4, 0.5) is 0 Å². The molecule has 19 heavy (non-hydrogen) atoms. The molecule has 0 bridgehead atoms. The van der Waals surface area contributed by atoms with E-state index in [0.717, 1.165) is 23.9 Å². The van der Waals surface area contributed by atoms with E-state index in [1.165, 1.54) is 11.1 Å². The van der Waals surface area contributed by atoms with Gasteiger partial charge in [-0.2, -0.15) is 0 Å². The van der Waals surface area contributed by atoms with Crippen LogP contribution in [0.5, 0.6) is 0 Å². The van der Waals surface area contributed by atoms with Gasteiger partial charge in [0.25, 0.3) is 0 Å². The topological polar surface area (TPSA) is 12.0 Å². The van der Waals surface area contributed by atoms with Crippen molar-refractivity contribution in [1.29, 1.82) is 0 Å². The van der Waals surface area contributed by atoms with E-state index in [1.807, 2.05) is 0 Å². The second-order valence-electron chi connectivity index (χ2n) is 4.81. The number of nitrogens with one attached hydrogen (secondary N) is 1. The molecule has 1 N–H and O–H groups in total. The minimum Gasteiger partial charge on any atom is -0.310 e. The molecule has 1 nitrogen and oxygen atoms in total. The minimum atomic E-state index is 0.529. The van der Waals surface area contributed by atoms with Crippen molar-refractivity contribution in [2.24, 2.45) is 0 Å². The fraction of sp³-hybridized carbons (Fsp3) is 0.294. The third-order valence-corrected chi connectivity index (χ3v) is 3.79. The van der Waals surface area contributed by atoms with E-state index in [2.05, 4.69) is 82.8 Å². The lowest BCUT2D eigenvalue weighted by molar-refractivity contribution is 0.494. The molecule has 0 aromatic heterocycles. The Morgan fingerprint density at radius 3 is 2.42 bits per heavy atom. The molecule has 0 fully saturated rings. The zero-order valence-corrected chi connectivity index (χ0v) is 12.9. The van der Waals surface area contributed by atoms with Crippen LogP contribution >= 0.6 is 15.9 Å². The van der Waals surface area contributed by atoms with Gasteiger partial charge in [-0.15, -0.1) is 0 Å². The fourth-order valence-corrected chi connectivity index (χ4v) is 2.62. The number of halogens is 1. The molecule has 2 aromatic rings. The summed E-state index contributed by atoms with van der Waals surface area (Å²) in [5, 5.41) is 3.64. The first-order valence-electron chi connectivity index (χ1n) is 6.79. The van der Waals surface area contributed by atoms with Crippen LogP contribution in [0.25, 0.3) is 0 Å². The number of benzene rings is 2. The fourth-order valence-electron chi connectivity index (χ4n) is 2.17. The Kier molecular flexibility index (Phi) is 5.62. The second-order valence-corrected chi connectivity index (χ2v) is 5.72. The largest absolute Gasteiger partial charge is 0.310 e. The number of hydrogen-bond donors (Lipinski definition) is 1. The molecular weight excluding hydrogens is 298 g/mol. The molecule has 0 amide bonds. The summed E-state index contributed by atoms with van der Waals surface area (Å²) in [4.78, 5) is 0. The van der Waals surface area contributed by atoms with Gasteiger partial charge >= 0.3 is 0 Å². The van der Waals surface area contributed by atoms with Gasteiger partial charge in [-0.1, -0.05) is 65.3 Å². The average Bonchev–Trinajstić information content (AvgIpc) is 2.44. The Balaban J connectivity index is 1.89. The van der Waals surface area contributed by atoms with Crippen molar-refractivity contribution in [1.82, 2.24) is 5.32 Å². The Morgan fingerprint density at radius 1 is 1.00 bits per heavy atom. The summed E-state index contributed by atoms with van der Waals surface area (Å²) in [6.07, 6.45) is 2.23. The lowest BCUT2D eigenvalue weighted by Crippen LogP contribution is -2.30. The number of rotatable bonds is 6. The molecule has 2 aromatic carbocycles. The van der Waals surface area contributed by atoms with Gasteiger partial charge in [0, 0.05) is 17.1 Å². The smallest absolute Gasteiger partial charge is 0.0208 e. The first-order valence-corrected chi connectivity index (χ1v) is 7.59. The zero-order valence-electron chi connectivity index (χ0n) is 11.3. The first-order chi connectivity index (χ1) is 9.28. The van der Waals surface area contributed by atoms with Crippen LogP contribution in [-0.2, 0) is 13.0 Å². The second kappa shape index (κ2) is 7.46. The molecule has 0 saturated heterocycles. The predicted molar refractivity (Wildman–Crippen MR) is 85.2 cm³/mol. The van der Waals surface area contributed by atoms with Crippen molar-refractivity contribution in [3.63, 3.8) is 0 Å². The molecule has 0 radical (unpaired) electrons. The SMILES string of the molecule is CCC(Cc1ccccc1)NCc1cccc(Br)c1. The predicted octanol–water partition coefficient (Wildman–Crippen LogP) is 4.56. The first kappa shape index (κ1) is 14.3. The summed E-state index contributed by atoms with van der Waals surface area (Å²) in [5.41, 5.74) is 2.72. The maximum atomic E-state index is 3.64. The van der Waals surface area contributed by atoms with Gasteiger partial charge in [0.1, 0.15) is 0 Å². The van der Waals surface area contributed by atoms with E-state index in [1.54, 1.807) is 0 Å². The highest BCUT2D eigenvalue weighted by atomic mass is 79.9. The van der Waals surface area contributed by atoms with Crippen molar-refractivity contribution in [3.8, 4) is 0 Å². The van der Waals surface area contributed by atoms with Crippen LogP contribution in [0.15, 0.2) is 59.1 Å². The molecule has 1 unspecified atom stereocenters. The van der Waals surface area contributed by atoms with Gasteiger partial charge in [0.2, 0.25) is 0 Å². The van der Waals surface area contributed by atoms with Crippen molar-refractivity contribution in [2.75, 3.05) is 0 Å². The zero-order chi connectivity index (χ0) is 13.5. The van der Waals surface area contributed by atoms with Crippen molar-refractivity contribution in [3.05, 3.63) is 70.2 Å². The maximum Gasteiger partial charge on any atom is 0.0208 e. The highest BCUT2D eigenvalue weighted by Gasteiger charge is 2.06. The number of hydrogen-bond acceptors (Lipinski definition) is 1. The molecular formula is C17H20BrN. The van der Waals surface area contributed by atoms with Gasteiger partial charge in [-0.05, 0) is 36.1 Å². The van der Waals surface area contributed by atoms with Crippen LogP contribution in [0, 0.1) is 0 Å². The minimum absolute atomic E-state index is 0.529. The molecule has 100 valence electrons. The summed E-state index contributed by atoms with van der Waals surface area (Å²) in [7, 11) is 0. The van der Waals surface area contributed by atoms with E-state index in [0.29, 0.717) is 6.04 Å². The Hall–Kier alpha value is -1.12. The van der Waals surface area contributed by atoms with E-state index in [-0.39, 0.29) is 0 Å². The van der Waals surface area contributed by atoms with Crippen LogP contribution in [-0.4, -0.2) is 6.04 Å². The maximum absolute atomic E-state index is 3.64. The van der Waals surface area contributed by atoms with E-state index in [9.17, 15) is 0 Å². The van der Waals surface area contributed by atoms with Gasteiger partial charge in [0.05, 0.1) is 0 Å². The van der Waals surface area contributed by atoms with Crippen LogP contribution < -0.4 is 5.32 Å². The highest BCUT2D eigenvalue weighted by molar-refractivity contribution is 9.10. The van der Waals surface area contributed by atoms with Crippen LogP contribution in [0.2, 0.25) is 0 Å². The Bertz CT molecular complexity index is 496. The van der Waals surface area contributed by atoms with E-state index >= 15 is 0 Å². The van der Waals surface area contributed by atoms with Crippen LogP contribution in [0.3, 0.4) is 0 Å². The molecule has 1 atom stereocenters. The van der Waals surface area contributed by atoms with Gasteiger partial charge < -0.3 is 5.32 Å². The summed E-state index contributed by atoms with van der Waals surface area (Å²) in [5.74, 6) is 0. The molecule has 0 aliphatic carbocycles. The van der Waals surface area contributed by atoms with Crippen molar-refractivity contribution >= 4 is 15.9 Å². The molecule has 0 heterocycles. The monoisotopic (exact) mass is 317 g/mol. The van der Waals surface area contributed by atoms with Crippen LogP contribution in [0.1, 0.15) is 24.5 Å². The summed E-state index contributed by atoms with van der Waals surface area (Å²) in [6.45, 7) is 3.16. The molecule has 2 heteroatoms. The molecule has 0 saturated carbocycles. The van der Waals surface area contributed by atoms with E-state index < -0.39 is 0 Å².